The fraction of sp³-hybridized carbons (Fsp3) is 0.396. The monoisotopic (exact) mass is 1130 g/mol. The summed E-state index contributed by atoms with van der Waals surface area (Å²) < 4.78 is 54.8. The van der Waals surface area contributed by atoms with Gasteiger partial charge in [0.25, 0.3) is 0 Å². The van der Waals surface area contributed by atoms with Gasteiger partial charge in [0, 0.05) is 42.4 Å². The molecule has 7 rings (SSSR count). The van der Waals surface area contributed by atoms with Gasteiger partial charge in [-0.2, -0.15) is 0 Å². The van der Waals surface area contributed by atoms with Crippen molar-refractivity contribution in [2.45, 2.75) is 41.6 Å². The number of ether oxygens (including phenoxy) is 10. The van der Waals surface area contributed by atoms with E-state index in [4.69, 9.17) is 80.3 Å². The molecule has 0 saturated heterocycles. The molecule has 0 fully saturated rings. The van der Waals surface area contributed by atoms with Crippen molar-refractivity contribution in [3.8, 4) is 54.6 Å². The number of hydrogen-bond acceptors (Lipinski definition) is 24. The summed E-state index contributed by atoms with van der Waals surface area (Å²) in [5.74, 6) is 3.90. The van der Waals surface area contributed by atoms with Crippen LogP contribution in [-0.4, -0.2) is 138 Å². The summed E-state index contributed by atoms with van der Waals surface area (Å²) in [6.45, 7) is 12.0. The Hall–Kier alpha value is -6.06. The van der Waals surface area contributed by atoms with Crippen molar-refractivity contribution in [3.05, 3.63) is 95.1 Å². The van der Waals surface area contributed by atoms with Crippen LogP contribution in [0.15, 0.2) is 89.2 Å². The highest BCUT2D eigenvalue weighted by Gasteiger charge is 2.23. The van der Waals surface area contributed by atoms with Gasteiger partial charge < -0.3 is 70.3 Å². The van der Waals surface area contributed by atoms with Crippen LogP contribution in [0.5, 0.6) is 23.0 Å². The van der Waals surface area contributed by atoms with E-state index in [-0.39, 0.29) is 10.5 Å². The largest absolute Gasteiger partial charge is 0.493 e. The van der Waals surface area contributed by atoms with Crippen LogP contribution in [0.2, 0.25) is 0 Å². The predicted octanol–water partition coefficient (Wildman–Crippen LogP) is 9.35. The van der Waals surface area contributed by atoms with Crippen molar-refractivity contribution in [2.24, 2.45) is 0 Å². The van der Waals surface area contributed by atoms with Crippen molar-refractivity contribution >= 4 is 69.5 Å². The maximum Gasteiger partial charge on any atom is 0.192 e. The van der Waals surface area contributed by atoms with Gasteiger partial charge in [-0.1, -0.05) is 53.9 Å². The lowest BCUT2D eigenvalue weighted by Gasteiger charge is -2.12. The first-order valence-electron chi connectivity index (χ1n) is 24.5. The number of aryl methyl sites for hydroxylation is 1. The van der Waals surface area contributed by atoms with E-state index in [1.807, 2.05) is 54.6 Å². The molecule has 4 heterocycles. The highest BCUT2D eigenvalue weighted by atomic mass is 32.2. The van der Waals surface area contributed by atoms with Crippen molar-refractivity contribution in [2.75, 3.05) is 131 Å². The van der Waals surface area contributed by atoms with E-state index < -0.39 is 0 Å². The maximum atomic E-state index is 6.03. The third-order valence-corrected chi connectivity index (χ3v) is 14.9. The second kappa shape index (κ2) is 32.0. The smallest absolute Gasteiger partial charge is 0.192 e. The SMILES string of the molecule is COCCOCCOCCOc1cc(-c2nc(C(C)Sc3nc(N)cc(N)n3)c(-c3ccccc3)s2)ccc1OC.COCCOCCOCCOc1cc(-c2nc([C@@H](C)Sc3nc(N)cc(N)n3)c(C)s2)ccc1OC. The summed E-state index contributed by atoms with van der Waals surface area (Å²) in [5, 5.41) is 2.73. The third kappa shape index (κ3) is 19.1. The zero-order valence-electron chi connectivity index (χ0n) is 44.4. The van der Waals surface area contributed by atoms with Crippen molar-refractivity contribution in [1.82, 2.24) is 29.9 Å². The van der Waals surface area contributed by atoms with E-state index in [1.165, 1.54) is 29.6 Å². The number of aromatic nitrogens is 6. The van der Waals surface area contributed by atoms with Gasteiger partial charge in [0.2, 0.25) is 0 Å². The average molecular weight is 1130 g/mol. The Kier molecular flexibility index (Phi) is 25.0. The predicted molar refractivity (Wildman–Crippen MR) is 307 cm³/mol. The van der Waals surface area contributed by atoms with Crippen LogP contribution < -0.4 is 41.9 Å². The number of thiazole rings is 2. The van der Waals surface area contributed by atoms with E-state index in [1.54, 1.807) is 57.2 Å². The molecule has 0 bridgehead atoms. The fourth-order valence-electron chi connectivity index (χ4n) is 7.09. The molecule has 3 aromatic carbocycles. The van der Waals surface area contributed by atoms with Crippen molar-refractivity contribution < 1.29 is 47.4 Å². The Labute approximate surface area is 466 Å². The van der Waals surface area contributed by atoms with Gasteiger partial charge in [0.05, 0.1) is 107 Å². The van der Waals surface area contributed by atoms with E-state index in [9.17, 15) is 0 Å². The number of nitrogen functional groups attached to an aromatic ring is 4. The second-order valence-corrected chi connectivity index (χ2v) is 21.3. The number of anilines is 4. The molecule has 0 saturated carbocycles. The van der Waals surface area contributed by atoms with Gasteiger partial charge >= 0.3 is 0 Å². The Bertz CT molecular complexity index is 2840. The summed E-state index contributed by atoms with van der Waals surface area (Å²) in [6, 6.07) is 24.9. The second-order valence-electron chi connectivity index (χ2n) is 16.4. The average Bonchev–Trinajstić information content (AvgIpc) is 4.10. The number of nitrogens with two attached hydrogens (primary N) is 4. The minimum Gasteiger partial charge on any atom is -0.493 e. The van der Waals surface area contributed by atoms with Crippen LogP contribution in [0, 0.1) is 6.92 Å². The number of nitrogens with zero attached hydrogens (tertiary/aromatic N) is 6. The third-order valence-electron chi connectivity index (χ3n) is 10.7. The standard InChI is InChI=1S/C29H35N5O5S2.C24H33N5O5S2/c1-19(40-29-32-24(30)18-25(31)33-29)26-27(20-7-5-4-6-8-20)41-28(34-26)21-9-10-22(36-3)23(17-21)39-16-15-38-14-13-37-12-11-35-2;1-15-22(16(2)36-24-27-20(25)14-21(26)28-24)29-23(35-15)17-5-6-18(31-4)19(13-17)34-12-11-33-10-9-32-8-7-30-3/h4-10,17-19H,11-16H2,1-3H3,(H4,30,31,32,33);5-6,13-14,16H,7-12H2,1-4H3,(H4,25,26,27,28)/t;16-/m.1/s1. The first-order valence-corrected chi connectivity index (χ1v) is 27.9. The molecule has 20 nitrogen and oxygen atoms in total. The molecule has 4 aromatic heterocycles. The Balaban J connectivity index is 0.000000252. The van der Waals surface area contributed by atoms with Gasteiger partial charge in [-0.15, -0.1) is 22.7 Å². The first-order chi connectivity index (χ1) is 37.4. The number of rotatable bonds is 31. The van der Waals surface area contributed by atoms with Crippen LogP contribution in [0.4, 0.5) is 23.3 Å². The molecule has 77 heavy (non-hydrogen) atoms. The first kappa shape index (κ1) is 60.2. The summed E-state index contributed by atoms with van der Waals surface area (Å²) in [5.41, 5.74) is 28.2. The molecule has 8 N–H and O–H groups in total. The van der Waals surface area contributed by atoms with Crippen molar-refractivity contribution in [1.29, 1.82) is 0 Å². The molecule has 0 aliphatic heterocycles. The Morgan fingerprint density at radius 1 is 0.442 bits per heavy atom. The number of hydrogen-bond donors (Lipinski definition) is 4. The topological polar surface area (TPSA) is 274 Å². The maximum absolute atomic E-state index is 6.03. The van der Waals surface area contributed by atoms with Gasteiger partial charge in [-0.05, 0) is 62.7 Å². The number of thioether (sulfide) groups is 2. The number of methoxy groups -OCH3 is 4. The molecule has 414 valence electrons. The molecule has 0 amide bonds. The number of benzene rings is 3. The normalized spacial score (nSPS) is 11.9. The Morgan fingerprint density at radius 2 is 0.844 bits per heavy atom. The zero-order valence-corrected chi connectivity index (χ0v) is 47.6. The van der Waals surface area contributed by atoms with E-state index >= 15 is 0 Å². The van der Waals surface area contributed by atoms with Crippen LogP contribution in [0.3, 0.4) is 0 Å². The van der Waals surface area contributed by atoms with Crippen LogP contribution in [-0.2, 0) is 28.4 Å². The van der Waals surface area contributed by atoms with Gasteiger partial charge in [0.15, 0.2) is 33.3 Å². The van der Waals surface area contributed by atoms with Crippen LogP contribution in [0.1, 0.15) is 40.6 Å². The van der Waals surface area contributed by atoms with E-state index in [0.29, 0.717) is 136 Å². The van der Waals surface area contributed by atoms with Gasteiger partial charge in [-0.3, -0.25) is 0 Å². The molecule has 0 aliphatic rings. The van der Waals surface area contributed by atoms with Crippen LogP contribution in [0.25, 0.3) is 31.6 Å². The van der Waals surface area contributed by atoms with Crippen LogP contribution >= 0.6 is 46.2 Å². The summed E-state index contributed by atoms with van der Waals surface area (Å²) in [7, 11) is 6.52. The molecule has 1 unspecified atom stereocenters. The Morgan fingerprint density at radius 3 is 1.29 bits per heavy atom. The molecule has 0 aliphatic carbocycles. The molecule has 0 spiro atoms. The summed E-state index contributed by atoms with van der Waals surface area (Å²) in [4.78, 5) is 29.4. The lowest BCUT2D eigenvalue weighted by molar-refractivity contribution is 0.0178. The highest BCUT2D eigenvalue weighted by molar-refractivity contribution is 7.99. The minimum atomic E-state index is -0.0685. The van der Waals surface area contributed by atoms with Gasteiger partial charge in [0.1, 0.15) is 46.5 Å². The highest BCUT2D eigenvalue weighted by Crippen LogP contribution is 2.45. The molecule has 7 aromatic rings. The molecular weight excluding hydrogens is 1060 g/mol. The minimum absolute atomic E-state index is 0.0146. The van der Waals surface area contributed by atoms with E-state index in [2.05, 4.69) is 52.8 Å². The lowest BCUT2D eigenvalue weighted by Crippen LogP contribution is -2.12. The fourth-order valence-corrected chi connectivity index (χ4v) is 11.3. The van der Waals surface area contributed by atoms with Gasteiger partial charge in [-0.25, -0.2) is 29.9 Å². The zero-order chi connectivity index (χ0) is 54.9. The molecule has 24 heteroatoms. The lowest BCUT2D eigenvalue weighted by atomic mass is 10.1. The van der Waals surface area contributed by atoms with Crippen molar-refractivity contribution in [3.63, 3.8) is 0 Å². The molecular formula is C53H68N10O10S4. The quantitative estimate of drug-likeness (QED) is 0.0179. The molecule has 0 radical (unpaired) electrons. The molecule has 2 atom stereocenters. The summed E-state index contributed by atoms with van der Waals surface area (Å²) in [6.07, 6.45) is 0. The summed E-state index contributed by atoms with van der Waals surface area (Å²) >= 11 is 6.17. The van der Waals surface area contributed by atoms with E-state index in [0.717, 1.165) is 47.8 Å².